The summed E-state index contributed by atoms with van der Waals surface area (Å²) in [5.74, 6) is 3.86. The molecule has 3 aliphatic carbocycles. The first-order chi connectivity index (χ1) is 6.57. The zero-order chi connectivity index (χ0) is 10.3. The Morgan fingerprint density at radius 1 is 1.36 bits per heavy atom. The summed E-state index contributed by atoms with van der Waals surface area (Å²) >= 11 is 0. The summed E-state index contributed by atoms with van der Waals surface area (Å²) in [5.41, 5.74) is 6.31. The molecule has 2 bridgehead atoms. The van der Waals surface area contributed by atoms with Crippen molar-refractivity contribution in [3.05, 3.63) is 0 Å². The lowest BCUT2D eigenvalue weighted by Crippen LogP contribution is -2.53. The average Bonchev–Trinajstić information content (AvgIpc) is 2.18. The molecule has 4 atom stereocenters. The summed E-state index contributed by atoms with van der Waals surface area (Å²) in [6, 6.07) is 0. The van der Waals surface area contributed by atoms with Crippen LogP contribution < -0.4 is 5.73 Å². The molecule has 0 aliphatic heterocycles. The third kappa shape index (κ3) is 1.41. The Labute approximate surface area is 88.4 Å². The highest BCUT2D eigenvalue weighted by Crippen LogP contribution is 2.62. The van der Waals surface area contributed by atoms with Crippen LogP contribution in [-0.4, -0.2) is 6.54 Å². The van der Waals surface area contributed by atoms with E-state index in [0.29, 0.717) is 5.41 Å². The van der Waals surface area contributed by atoms with Crippen LogP contribution in [0.4, 0.5) is 0 Å². The van der Waals surface area contributed by atoms with Crippen molar-refractivity contribution < 1.29 is 0 Å². The van der Waals surface area contributed by atoms with Gasteiger partial charge in [0.2, 0.25) is 0 Å². The molecule has 0 radical (unpaired) electrons. The predicted octanol–water partition coefficient (Wildman–Crippen LogP) is 3.04. The fourth-order valence-corrected chi connectivity index (χ4v) is 4.03. The Hall–Kier alpha value is -0.0400. The number of nitrogens with two attached hydrogens (primary N) is 1. The summed E-state index contributed by atoms with van der Waals surface area (Å²) in [7, 11) is 0. The lowest BCUT2D eigenvalue weighted by Gasteiger charge is -2.61. The van der Waals surface area contributed by atoms with E-state index in [4.69, 9.17) is 5.73 Å². The van der Waals surface area contributed by atoms with Gasteiger partial charge in [-0.05, 0) is 61.3 Å². The van der Waals surface area contributed by atoms with Gasteiger partial charge in [-0.1, -0.05) is 20.8 Å². The molecule has 0 aromatic carbocycles. The summed E-state index contributed by atoms with van der Waals surface area (Å²) in [6.45, 7) is 8.24. The first kappa shape index (κ1) is 10.5. The van der Waals surface area contributed by atoms with E-state index in [2.05, 4.69) is 20.8 Å². The van der Waals surface area contributed by atoms with E-state index in [-0.39, 0.29) is 0 Å². The van der Waals surface area contributed by atoms with Crippen LogP contribution in [0.25, 0.3) is 0 Å². The molecule has 2 N–H and O–H groups in total. The molecule has 4 unspecified atom stereocenters. The van der Waals surface area contributed by atoms with E-state index in [1.54, 1.807) is 0 Å². The zero-order valence-electron chi connectivity index (χ0n) is 9.92. The third-order valence-electron chi connectivity index (χ3n) is 5.26. The average molecular weight is 195 g/mol. The minimum atomic E-state index is 0.645. The van der Waals surface area contributed by atoms with Crippen molar-refractivity contribution in [1.29, 1.82) is 0 Å². The van der Waals surface area contributed by atoms with Crippen molar-refractivity contribution in [2.75, 3.05) is 6.54 Å². The molecule has 3 saturated carbocycles. The molecule has 1 nitrogen and oxygen atoms in total. The summed E-state index contributed by atoms with van der Waals surface area (Å²) in [5, 5.41) is 0. The van der Waals surface area contributed by atoms with E-state index in [0.717, 1.165) is 30.2 Å². The van der Waals surface area contributed by atoms with Crippen molar-refractivity contribution in [1.82, 2.24) is 0 Å². The molecule has 0 amide bonds. The largest absolute Gasteiger partial charge is 0.330 e. The zero-order valence-corrected chi connectivity index (χ0v) is 9.92. The molecular formula is C13H25N. The number of fused-ring (bicyclic) bond motifs is 2. The topological polar surface area (TPSA) is 26.0 Å². The van der Waals surface area contributed by atoms with Gasteiger partial charge in [0.25, 0.3) is 0 Å². The molecule has 0 saturated heterocycles. The van der Waals surface area contributed by atoms with Crippen LogP contribution in [0.1, 0.15) is 46.5 Å². The summed E-state index contributed by atoms with van der Waals surface area (Å²) < 4.78 is 0. The number of hydrogen-bond donors (Lipinski definition) is 1. The van der Waals surface area contributed by atoms with Gasteiger partial charge in [0.1, 0.15) is 0 Å². The van der Waals surface area contributed by atoms with Crippen molar-refractivity contribution in [2.45, 2.75) is 46.5 Å². The molecule has 1 heteroatoms. The first-order valence-corrected chi connectivity index (χ1v) is 6.27. The summed E-state index contributed by atoms with van der Waals surface area (Å²) in [4.78, 5) is 0. The molecule has 14 heavy (non-hydrogen) atoms. The van der Waals surface area contributed by atoms with Gasteiger partial charge < -0.3 is 5.73 Å². The van der Waals surface area contributed by atoms with Gasteiger partial charge >= 0.3 is 0 Å². The van der Waals surface area contributed by atoms with Crippen molar-refractivity contribution in [2.24, 2.45) is 34.8 Å². The maximum absolute atomic E-state index is 5.66. The maximum atomic E-state index is 5.66. The lowest BCUT2D eigenvalue weighted by molar-refractivity contribution is -0.119. The van der Waals surface area contributed by atoms with Gasteiger partial charge in [0.15, 0.2) is 0 Å². The summed E-state index contributed by atoms with van der Waals surface area (Å²) in [6.07, 6.45) is 5.68. The van der Waals surface area contributed by atoms with Crippen LogP contribution in [0.2, 0.25) is 0 Å². The fourth-order valence-electron chi connectivity index (χ4n) is 4.03. The fraction of sp³-hybridized carbons (Fsp3) is 1.00. The lowest BCUT2D eigenvalue weighted by atomic mass is 9.44. The van der Waals surface area contributed by atoms with Gasteiger partial charge in [0, 0.05) is 0 Å². The first-order valence-electron chi connectivity index (χ1n) is 6.27. The quantitative estimate of drug-likeness (QED) is 0.736. The Morgan fingerprint density at radius 2 is 2.07 bits per heavy atom. The van der Waals surface area contributed by atoms with Crippen molar-refractivity contribution in [3.8, 4) is 0 Å². The van der Waals surface area contributed by atoms with Crippen LogP contribution >= 0.6 is 0 Å². The Morgan fingerprint density at radius 3 is 2.57 bits per heavy atom. The molecule has 82 valence electrons. The predicted molar refractivity (Wildman–Crippen MR) is 60.9 cm³/mol. The molecule has 0 aromatic heterocycles. The second kappa shape index (κ2) is 3.52. The van der Waals surface area contributed by atoms with Gasteiger partial charge in [-0.3, -0.25) is 0 Å². The molecule has 3 aliphatic rings. The van der Waals surface area contributed by atoms with E-state index in [1.807, 2.05) is 0 Å². The highest BCUT2D eigenvalue weighted by Gasteiger charge is 2.54. The Kier molecular flexibility index (Phi) is 2.63. The second-order valence-corrected chi connectivity index (χ2v) is 6.16. The number of rotatable bonds is 3. The highest BCUT2D eigenvalue weighted by molar-refractivity contribution is 5.04. The van der Waals surface area contributed by atoms with Crippen LogP contribution in [0.15, 0.2) is 0 Å². The highest BCUT2D eigenvalue weighted by atomic mass is 14.6. The second-order valence-electron chi connectivity index (χ2n) is 6.16. The van der Waals surface area contributed by atoms with Crippen molar-refractivity contribution in [3.63, 3.8) is 0 Å². The van der Waals surface area contributed by atoms with Crippen LogP contribution in [0.3, 0.4) is 0 Å². The monoisotopic (exact) mass is 195 g/mol. The molecular weight excluding hydrogens is 170 g/mol. The molecule has 3 fully saturated rings. The Bertz CT molecular complexity index is 207. The van der Waals surface area contributed by atoms with Gasteiger partial charge in [-0.25, -0.2) is 0 Å². The number of hydrogen-bond acceptors (Lipinski definition) is 1. The van der Waals surface area contributed by atoms with Gasteiger partial charge in [0.05, 0.1) is 0 Å². The smallest absolute Gasteiger partial charge is 0.00746 e. The van der Waals surface area contributed by atoms with E-state index < -0.39 is 0 Å². The van der Waals surface area contributed by atoms with E-state index in [1.165, 1.54) is 25.7 Å². The Balaban J connectivity index is 2.00. The molecule has 0 spiro atoms. The van der Waals surface area contributed by atoms with E-state index in [9.17, 15) is 0 Å². The maximum Gasteiger partial charge on any atom is -0.00746 e. The third-order valence-corrected chi connectivity index (χ3v) is 5.26. The normalized spacial score (nSPS) is 41.6. The molecule has 3 rings (SSSR count). The van der Waals surface area contributed by atoms with Gasteiger partial charge in [-0.2, -0.15) is 0 Å². The van der Waals surface area contributed by atoms with E-state index >= 15 is 0 Å². The SMILES string of the molecule is CC(CCN)C1CCC2CC1C2(C)C. The minimum absolute atomic E-state index is 0.645. The van der Waals surface area contributed by atoms with Crippen LogP contribution in [0.5, 0.6) is 0 Å². The van der Waals surface area contributed by atoms with Crippen LogP contribution in [0, 0.1) is 29.1 Å². The van der Waals surface area contributed by atoms with Crippen LogP contribution in [-0.2, 0) is 0 Å². The minimum Gasteiger partial charge on any atom is -0.330 e. The molecule has 0 aromatic rings. The molecule has 0 heterocycles. The van der Waals surface area contributed by atoms with Crippen molar-refractivity contribution >= 4 is 0 Å². The van der Waals surface area contributed by atoms with Gasteiger partial charge in [-0.15, -0.1) is 0 Å². The standard InChI is InChI=1S/C13H25N/c1-9(6-7-14)11-5-4-10-8-12(11)13(10,2)3/h9-12H,4-8,14H2,1-3H3.